The second-order valence-corrected chi connectivity index (χ2v) is 4.65. The van der Waals surface area contributed by atoms with Crippen LogP contribution in [0.5, 0.6) is 5.75 Å². The molecule has 2 rings (SSSR count). The molecular formula is C14H16FNO4. The summed E-state index contributed by atoms with van der Waals surface area (Å²) in [6.07, 6.45) is 1.97. The van der Waals surface area contributed by atoms with Gasteiger partial charge in [0, 0.05) is 18.7 Å². The molecule has 1 saturated carbocycles. The SMILES string of the molecule is CCN(C(=O)COc1cc(F)ccc1C(=O)O)C1CC1. The minimum absolute atomic E-state index is 0.127. The Bertz CT molecular complexity index is 528. The molecule has 1 aliphatic carbocycles. The van der Waals surface area contributed by atoms with E-state index in [-0.39, 0.29) is 29.9 Å². The van der Waals surface area contributed by atoms with Crippen molar-refractivity contribution < 1.29 is 23.8 Å². The lowest BCUT2D eigenvalue weighted by Gasteiger charge is -2.20. The zero-order valence-electron chi connectivity index (χ0n) is 11.1. The van der Waals surface area contributed by atoms with Gasteiger partial charge in [0.15, 0.2) is 6.61 Å². The maximum atomic E-state index is 13.1. The molecule has 20 heavy (non-hydrogen) atoms. The molecule has 108 valence electrons. The van der Waals surface area contributed by atoms with Crippen molar-refractivity contribution in [2.24, 2.45) is 0 Å². The number of carbonyl (C=O) groups is 2. The molecule has 1 N–H and O–H groups in total. The first kappa shape index (κ1) is 14.3. The van der Waals surface area contributed by atoms with Gasteiger partial charge in [0.25, 0.3) is 5.91 Å². The summed E-state index contributed by atoms with van der Waals surface area (Å²) < 4.78 is 18.3. The molecule has 0 unspecified atom stereocenters. The first-order chi connectivity index (χ1) is 9.52. The van der Waals surface area contributed by atoms with Crippen LogP contribution in [-0.4, -0.2) is 41.1 Å². The van der Waals surface area contributed by atoms with Crippen LogP contribution in [0.2, 0.25) is 0 Å². The number of amides is 1. The second-order valence-electron chi connectivity index (χ2n) is 4.65. The van der Waals surface area contributed by atoms with E-state index in [1.54, 1.807) is 4.90 Å². The summed E-state index contributed by atoms with van der Waals surface area (Å²) >= 11 is 0. The standard InChI is InChI=1S/C14H16FNO4/c1-2-16(10-4-5-10)13(17)8-20-12-7-9(15)3-6-11(12)14(18)19/h3,6-7,10H,2,4-5,8H2,1H3,(H,18,19). The summed E-state index contributed by atoms with van der Waals surface area (Å²) in [6, 6.07) is 3.41. The van der Waals surface area contributed by atoms with Gasteiger partial charge in [0.05, 0.1) is 0 Å². The average molecular weight is 281 g/mol. The van der Waals surface area contributed by atoms with E-state index in [1.165, 1.54) is 0 Å². The molecule has 0 aromatic heterocycles. The number of aromatic carboxylic acids is 1. The third kappa shape index (κ3) is 3.26. The van der Waals surface area contributed by atoms with Crippen molar-refractivity contribution in [3.05, 3.63) is 29.6 Å². The lowest BCUT2D eigenvalue weighted by molar-refractivity contribution is -0.133. The Hall–Kier alpha value is -2.11. The zero-order valence-corrected chi connectivity index (χ0v) is 11.1. The number of carboxylic acid groups (broad SMARTS) is 1. The summed E-state index contributed by atoms with van der Waals surface area (Å²) in [6.45, 7) is 2.18. The largest absolute Gasteiger partial charge is 0.483 e. The number of carbonyl (C=O) groups excluding carboxylic acids is 1. The van der Waals surface area contributed by atoms with Gasteiger partial charge >= 0.3 is 5.97 Å². The van der Waals surface area contributed by atoms with Crippen LogP contribution >= 0.6 is 0 Å². The van der Waals surface area contributed by atoms with E-state index in [4.69, 9.17) is 9.84 Å². The highest BCUT2D eigenvalue weighted by atomic mass is 19.1. The molecule has 0 saturated heterocycles. The molecule has 0 atom stereocenters. The maximum Gasteiger partial charge on any atom is 0.339 e. The van der Waals surface area contributed by atoms with E-state index in [0.717, 1.165) is 31.0 Å². The first-order valence-corrected chi connectivity index (χ1v) is 6.48. The van der Waals surface area contributed by atoms with Gasteiger partial charge in [-0.2, -0.15) is 0 Å². The van der Waals surface area contributed by atoms with Crippen LogP contribution in [0.15, 0.2) is 18.2 Å². The fourth-order valence-corrected chi connectivity index (χ4v) is 2.04. The lowest BCUT2D eigenvalue weighted by Crippen LogP contribution is -2.36. The molecule has 0 aliphatic heterocycles. The van der Waals surface area contributed by atoms with E-state index in [2.05, 4.69) is 0 Å². The third-order valence-electron chi connectivity index (χ3n) is 3.17. The number of hydrogen-bond donors (Lipinski definition) is 1. The van der Waals surface area contributed by atoms with E-state index in [9.17, 15) is 14.0 Å². The average Bonchev–Trinajstić information content (AvgIpc) is 3.21. The highest BCUT2D eigenvalue weighted by molar-refractivity contribution is 5.91. The predicted octanol–water partition coefficient (Wildman–Crippen LogP) is 1.91. The highest BCUT2D eigenvalue weighted by Gasteiger charge is 2.31. The van der Waals surface area contributed by atoms with Crippen molar-refractivity contribution in [2.75, 3.05) is 13.2 Å². The van der Waals surface area contributed by atoms with Crippen LogP contribution in [0, 0.1) is 5.82 Å². The Labute approximate surface area is 116 Å². The predicted molar refractivity (Wildman–Crippen MR) is 69.3 cm³/mol. The van der Waals surface area contributed by atoms with Gasteiger partial charge in [-0.25, -0.2) is 9.18 Å². The monoisotopic (exact) mass is 281 g/mol. The molecule has 6 heteroatoms. The Morgan fingerprint density at radius 3 is 2.70 bits per heavy atom. The molecule has 1 aromatic rings. The zero-order chi connectivity index (χ0) is 14.7. The van der Waals surface area contributed by atoms with Gasteiger partial charge in [-0.15, -0.1) is 0 Å². The number of rotatable bonds is 6. The van der Waals surface area contributed by atoms with Crippen LogP contribution in [0.1, 0.15) is 30.1 Å². The van der Waals surface area contributed by atoms with Crippen molar-refractivity contribution in [3.8, 4) is 5.75 Å². The molecule has 1 amide bonds. The Morgan fingerprint density at radius 1 is 1.45 bits per heavy atom. The minimum Gasteiger partial charge on any atom is -0.483 e. The quantitative estimate of drug-likeness (QED) is 0.865. The Kier molecular flexibility index (Phi) is 4.22. The topological polar surface area (TPSA) is 66.8 Å². The summed E-state index contributed by atoms with van der Waals surface area (Å²) in [5, 5.41) is 8.98. The van der Waals surface area contributed by atoms with Gasteiger partial charge in [-0.3, -0.25) is 4.79 Å². The minimum atomic E-state index is -1.22. The van der Waals surface area contributed by atoms with Gasteiger partial charge in [0.1, 0.15) is 17.1 Å². The van der Waals surface area contributed by atoms with Crippen molar-refractivity contribution in [1.29, 1.82) is 0 Å². The van der Waals surface area contributed by atoms with E-state index in [1.807, 2.05) is 6.92 Å². The van der Waals surface area contributed by atoms with Gasteiger partial charge < -0.3 is 14.7 Å². The number of likely N-dealkylation sites (N-methyl/N-ethyl adjacent to an activating group) is 1. The lowest BCUT2D eigenvalue weighted by atomic mass is 10.2. The van der Waals surface area contributed by atoms with Gasteiger partial charge in [-0.05, 0) is 31.9 Å². The van der Waals surface area contributed by atoms with Crippen LogP contribution in [0.3, 0.4) is 0 Å². The number of carboxylic acids is 1. The molecule has 0 heterocycles. The number of nitrogens with zero attached hydrogens (tertiary/aromatic N) is 1. The molecule has 0 bridgehead atoms. The van der Waals surface area contributed by atoms with Gasteiger partial charge in [-0.1, -0.05) is 0 Å². The number of halogens is 1. The van der Waals surface area contributed by atoms with E-state index in [0.29, 0.717) is 6.54 Å². The molecule has 0 radical (unpaired) electrons. The van der Waals surface area contributed by atoms with E-state index < -0.39 is 11.8 Å². The van der Waals surface area contributed by atoms with Crippen LogP contribution < -0.4 is 4.74 Å². The third-order valence-corrected chi connectivity index (χ3v) is 3.17. The van der Waals surface area contributed by atoms with Crippen molar-refractivity contribution >= 4 is 11.9 Å². The fourth-order valence-electron chi connectivity index (χ4n) is 2.04. The van der Waals surface area contributed by atoms with Crippen LogP contribution in [-0.2, 0) is 4.79 Å². The summed E-state index contributed by atoms with van der Waals surface area (Å²) in [7, 11) is 0. The highest BCUT2D eigenvalue weighted by Crippen LogP contribution is 2.27. The molecule has 0 spiro atoms. The summed E-state index contributed by atoms with van der Waals surface area (Å²) in [4.78, 5) is 24.6. The molecule has 1 fully saturated rings. The normalized spacial score (nSPS) is 13.9. The van der Waals surface area contributed by atoms with Gasteiger partial charge in [0.2, 0.25) is 0 Å². The number of benzene rings is 1. The number of ether oxygens (including phenoxy) is 1. The second kappa shape index (κ2) is 5.90. The Balaban J connectivity index is 2.04. The van der Waals surface area contributed by atoms with Crippen molar-refractivity contribution in [3.63, 3.8) is 0 Å². The van der Waals surface area contributed by atoms with Crippen molar-refractivity contribution in [1.82, 2.24) is 4.90 Å². The van der Waals surface area contributed by atoms with Crippen LogP contribution in [0.25, 0.3) is 0 Å². The first-order valence-electron chi connectivity index (χ1n) is 6.48. The summed E-state index contributed by atoms with van der Waals surface area (Å²) in [5.74, 6) is -2.16. The Morgan fingerprint density at radius 2 is 2.15 bits per heavy atom. The smallest absolute Gasteiger partial charge is 0.339 e. The van der Waals surface area contributed by atoms with E-state index >= 15 is 0 Å². The van der Waals surface area contributed by atoms with Crippen molar-refractivity contribution in [2.45, 2.75) is 25.8 Å². The number of hydrogen-bond acceptors (Lipinski definition) is 3. The van der Waals surface area contributed by atoms with Crippen LogP contribution in [0.4, 0.5) is 4.39 Å². The molecule has 1 aromatic carbocycles. The summed E-state index contributed by atoms with van der Waals surface area (Å²) in [5.41, 5.74) is -0.159. The fraction of sp³-hybridized carbons (Fsp3) is 0.429. The molecule has 1 aliphatic rings. The maximum absolute atomic E-state index is 13.1. The molecular weight excluding hydrogens is 265 g/mol. The molecule has 5 nitrogen and oxygen atoms in total.